The average molecular weight is 281 g/mol. The first kappa shape index (κ1) is 17.0. The Bertz CT molecular complexity index is 396. The summed E-state index contributed by atoms with van der Waals surface area (Å²) in [6.07, 6.45) is 0.196. The number of β-amino-alcohol motifs (C(OH)–C–C–N with tert-alkyl or cyclic N) is 1. The van der Waals surface area contributed by atoms with E-state index in [9.17, 15) is 10.2 Å². The maximum Gasteiger partial charge on any atom is 0.119 e. The smallest absolute Gasteiger partial charge is 0.119 e. The van der Waals surface area contributed by atoms with E-state index in [1.54, 1.807) is 0 Å². The highest BCUT2D eigenvalue weighted by atomic mass is 16.5. The summed E-state index contributed by atoms with van der Waals surface area (Å²) in [5.41, 5.74) is 1.94. The van der Waals surface area contributed by atoms with Crippen molar-refractivity contribution in [2.24, 2.45) is 0 Å². The number of aliphatic hydroxyl groups is 2. The summed E-state index contributed by atoms with van der Waals surface area (Å²) in [5.74, 6) is 0.780. The molecular weight excluding hydrogens is 254 g/mol. The number of benzene rings is 1. The van der Waals surface area contributed by atoms with Crippen LogP contribution in [0.1, 0.15) is 31.4 Å². The molecule has 20 heavy (non-hydrogen) atoms. The van der Waals surface area contributed by atoms with Crippen LogP contribution in [0.4, 0.5) is 0 Å². The van der Waals surface area contributed by atoms with Gasteiger partial charge in [0.15, 0.2) is 0 Å². The van der Waals surface area contributed by atoms with Crippen molar-refractivity contribution in [3.05, 3.63) is 29.3 Å². The summed E-state index contributed by atoms with van der Waals surface area (Å²) < 4.78 is 5.61. The molecule has 1 aromatic carbocycles. The minimum atomic E-state index is -0.603. The molecule has 0 spiro atoms. The van der Waals surface area contributed by atoms with Gasteiger partial charge in [-0.1, -0.05) is 13.0 Å². The summed E-state index contributed by atoms with van der Waals surface area (Å²) in [5, 5.41) is 22.4. The maximum absolute atomic E-state index is 9.93. The Morgan fingerprint density at radius 1 is 1.25 bits per heavy atom. The lowest BCUT2D eigenvalue weighted by Crippen LogP contribution is -2.49. The van der Waals surface area contributed by atoms with Gasteiger partial charge >= 0.3 is 0 Å². The van der Waals surface area contributed by atoms with Gasteiger partial charge in [-0.25, -0.2) is 0 Å². The van der Waals surface area contributed by atoms with Crippen molar-refractivity contribution in [2.75, 3.05) is 19.8 Å². The van der Waals surface area contributed by atoms with E-state index in [-0.39, 0.29) is 18.8 Å². The molecule has 3 N–H and O–H groups in total. The number of rotatable bonds is 8. The highest BCUT2D eigenvalue weighted by molar-refractivity contribution is 5.32. The Morgan fingerprint density at radius 2 is 1.85 bits per heavy atom. The number of hydrogen-bond donors (Lipinski definition) is 3. The Kier molecular flexibility index (Phi) is 6.46. The van der Waals surface area contributed by atoms with E-state index in [0.29, 0.717) is 6.54 Å². The molecule has 0 radical (unpaired) electrons. The molecule has 0 aliphatic rings. The van der Waals surface area contributed by atoms with Crippen molar-refractivity contribution >= 4 is 0 Å². The van der Waals surface area contributed by atoms with Crippen molar-refractivity contribution in [1.82, 2.24) is 5.32 Å². The van der Waals surface area contributed by atoms with Gasteiger partial charge in [0.05, 0.1) is 6.61 Å². The van der Waals surface area contributed by atoms with E-state index in [1.807, 2.05) is 39.8 Å². The second-order valence-electron chi connectivity index (χ2n) is 5.74. The van der Waals surface area contributed by atoms with Gasteiger partial charge in [-0.05, 0) is 50.5 Å². The van der Waals surface area contributed by atoms with E-state index >= 15 is 0 Å². The van der Waals surface area contributed by atoms with Crippen LogP contribution in [0.15, 0.2) is 18.2 Å². The Balaban J connectivity index is 2.41. The molecule has 4 heteroatoms. The molecule has 0 heterocycles. The van der Waals surface area contributed by atoms with Crippen LogP contribution in [-0.4, -0.2) is 41.6 Å². The fraction of sp³-hybridized carbons (Fsp3) is 0.625. The number of nitrogens with one attached hydrogen (secondary N) is 1. The molecule has 1 aromatic rings. The number of aryl methyl sites for hydroxylation is 2. The van der Waals surface area contributed by atoms with Crippen molar-refractivity contribution in [3.8, 4) is 5.75 Å². The van der Waals surface area contributed by atoms with Crippen LogP contribution in [0, 0.1) is 13.8 Å². The zero-order chi connectivity index (χ0) is 15.2. The van der Waals surface area contributed by atoms with Crippen LogP contribution in [0.5, 0.6) is 5.75 Å². The minimum absolute atomic E-state index is 0.0498. The third-order valence-electron chi connectivity index (χ3n) is 3.53. The molecule has 0 fully saturated rings. The molecule has 0 aliphatic carbocycles. The first-order valence-corrected chi connectivity index (χ1v) is 7.13. The largest absolute Gasteiger partial charge is 0.491 e. The van der Waals surface area contributed by atoms with Gasteiger partial charge in [-0.2, -0.15) is 0 Å². The van der Waals surface area contributed by atoms with Crippen molar-refractivity contribution in [3.63, 3.8) is 0 Å². The predicted octanol–water partition coefficient (Wildman–Crippen LogP) is 1.79. The molecule has 0 saturated heterocycles. The first-order valence-electron chi connectivity index (χ1n) is 7.13. The SMILES string of the molecule is CCC(C)(CO)NCC(O)COc1cc(C)cc(C)c1. The van der Waals surface area contributed by atoms with Gasteiger partial charge in [-0.15, -0.1) is 0 Å². The van der Waals surface area contributed by atoms with E-state index in [1.165, 1.54) is 0 Å². The van der Waals surface area contributed by atoms with E-state index < -0.39 is 6.10 Å². The molecule has 114 valence electrons. The van der Waals surface area contributed by atoms with Crippen molar-refractivity contribution < 1.29 is 14.9 Å². The van der Waals surface area contributed by atoms with Gasteiger partial charge in [0.2, 0.25) is 0 Å². The molecule has 0 amide bonds. The van der Waals surface area contributed by atoms with E-state index in [0.717, 1.165) is 23.3 Å². The lowest BCUT2D eigenvalue weighted by atomic mass is 10.0. The standard InChI is InChI=1S/C16H27NO3/c1-5-16(4,11-18)17-9-14(19)10-20-15-7-12(2)6-13(3)8-15/h6-8,14,17-19H,5,9-11H2,1-4H3. The minimum Gasteiger partial charge on any atom is -0.491 e. The highest BCUT2D eigenvalue weighted by Gasteiger charge is 2.21. The molecule has 2 atom stereocenters. The maximum atomic E-state index is 9.93. The molecule has 1 rings (SSSR count). The zero-order valence-electron chi connectivity index (χ0n) is 12.9. The number of aliphatic hydroxyl groups excluding tert-OH is 2. The summed E-state index contributed by atoms with van der Waals surface area (Å²) in [4.78, 5) is 0. The third-order valence-corrected chi connectivity index (χ3v) is 3.53. The monoisotopic (exact) mass is 281 g/mol. The fourth-order valence-electron chi connectivity index (χ4n) is 1.92. The number of ether oxygens (including phenoxy) is 1. The summed E-state index contributed by atoms with van der Waals surface area (Å²) >= 11 is 0. The zero-order valence-corrected chi connectivity index (χ0v) is 12.9. The second kappa shape index (κ2) is 7.62. The predicted molar refractivity (Wildman–Crippen MR) is 81.2 cm³/mol. The quantitative estimate of drug-likeness (QED) is 0.680. The molecular formula is C16H27NO3. The lowest BCUT2D eigenvalue weighted by Gasteiger charge is -2.28. The summed E-state index contributed by atoms with van der Waals surface area (Å²) in [6.45, 7) is 8.66. The van der Waals surface area contributed by atoms with Crippen LogP contribution >= 0.6 is 0 Å². The van der Waals surface area contributed by atoms with Crippen LogP contribution in [0.2, 0.25) is 0 Å². The van der Waals surface area contributed by atoms with Gasteiger partial charge in [0, 0.05) is 12.1 Å². The van der Waals surface area contributed by atoms with Gasteiger partial charge in [0.1, 0.15) is 18.5 Å². The van der Waals surface area contributed by atoms with Crippen molar-refractivity contribution in [2.45, 2.75) is 45.8 Å². The highest BCUT2D eigenvalue weighted by Crippen LogP contribution is 2.16. The van der Waals surface area contributed by atoms with Gasteiger partial charge in [0.25, 0.3) is 0 Å². The lowest BCUT2D eigenvalue weighted by molar-refractivity contribution is 0.0865. The molecule has 0 aliphatic heterocycles. The number of hydrogen-bond acceptors (Lipinski definition) is 4. The van der Waals surface area contributed by atoms with E-state index in [2.05, 4.69) is 11.4 Å². The Labute approximate surface area is 121 Å². The molecule has 2 unspecified atom stereocenters. The normalized spacial score (nSPS) is 15.7. The molecule has 0 bridgehead atoms. The third kappa shape index (κ3) is 5.49. The van der Waals surface area contributed by atoms with E-state index in [4.69, 9.17) is 4.74 Å². The van der Waals surface area contributed by atoms with Gasteiger partial charge in [-0.3, -0.25) is 0 Å². The Hall–Kier alpha value is -1.10. The second-order valence-corrected chi connectivity index (χ2v) is 5.74. The van der Waals surface area contributed by atoms with Crippen LogP contribution in [-0.2, 0) is 0 Å². The Morgan fingerprint density at radius 3 is 2.35 bits per heavy atom. The van der Waals surface area contributed by atoms with Crippen molar-refractivity contribution in [1.29, 1.82) is 0 Å². The van der Waals surface area contributed by atoms with Crippen LogP contribution in [0.3, 0.4) is 0 Å². The summed E-state index contributed by atoms with van der Waals surface area (Å²) in [6, 6.07) is 5.99. The molecule has 4 nitrogen and oxygen atoms in total. The first-order chi connectivity index (χ1) is 9.38. The topological polar surface area (TPSA) is 61.7 Å². The van der Waals surface area contributed by atoms with Crippen LogP contribution < -0.4 is 10.1 Å². The molecule has 0 saturated carbocycles. The van der Waals surface area contributed by atoms with Crippen LogP contribution in [0.25, 0.3) is 0 Å². The molecule has 0 aromatic heterocycles. The fourth-order valence-corrected chi connectivity index (χ4v) is 1.92. The average Bonchev–Trinajstić information content (AvgIpc) is 2.41. The summed E-state index contributed by atoms with van der Waals surface area (Å²) in [7, 11) is 0. The van der Waals surface area contributed by atoms with Gasteiger partial charge < -0.3 is 20.3 Å².